The van der Waals surface area contributed by atoms with Crippen LogP contribution in [0, 0.1) is 0 Å². The van der Waals surface area contributed by atoms with Crippen LogP contribution in [0.5, 0.6) is 0 Å². The summed E-state index contributed by atoms with van der Waals surface area (Å²) in [6.07, 6.45) is 2.00. The smallest absolute Gasteiger partial charge is 0.0594 e. The van der Waals surface area contributed by atoms with Gasteiger partial charge in [-0.25, -0.2) is 0 Å². The molecule has 0 aliphatic carbocycles. The van der Waals surface area contributed by atoms with Crippen molar-refractivity contribution in [3.63, 3.8) is 0 Å². The molecule has 0 saturated carbocycles. The van der Waals surface area contributed by atoms with E-state index in [4.69, 9.17) is 4.74 Å². The van der Waals surface area contributed by atoms with Crippen molar-refractivity contribution in [1.29, 1.82) is 0 Å². The van der Waals surface area contributed by atoms with Crippen molar-refractivity contribution >= 4 is 28.9 Å². The highest BCUT2D eigenvalue weighted by atomic mass is 32.1. The zero-order valence-corrected chi connectivity index (χ0v) is 13.0. The minimum absolute atomic E-state index is 0.860. The van der Waals surface area contributed by atoms with E-state index in [1.807, 2.05) is 6.21 Å². The standard InChI is InChI=1S/C15H18N2OS2/c1-2-14(19-11-1)15-4-3-13(20-15)12-16-5-6-17-7-9-18-10-8-17/h1-4,11-12H,5-10H2. The molecule has 2 aromatic heterocycles. The Morgan fingerprint density at radius 1 is 1.20 bits per heavy atom. The van der Waals surface area contributed by atoms with Crippen molar-refractivity contribution in [1.82, 2.24) is 4.90 Å². The second-order valence-corrected chi connectivity index (χ2v) is 6.73. The van der Waals surface area contributed by atoms with E-state index in [1.165, 1.54) is 14.6 Å². The van der Waals surface area contributed by atoms with Crippen LogP contribution in [0.3, 0.4) is 0 Å². The molecule has 0 unspecified atom stereocenters. The van der Waals surface area contributed by atoms with Crippen LogP contribution >= 0.6 is 22.7 Å². The van der Waals surface area contributed by atoms with Crippen LogP contribution in [0.1, 0.15) is 4.88 Å². The lowest BCUT2D eigenvalue weighted by Crippen LogP contribution is -2.37. The number of hydrogen-bond acceptors (Lipinski definition) is 5. The molecule has 1 aliphatic heterocycles. The van der Waals surface area contributed by atoms with Gasteiger partial charge in [-0.2, -0.15) is 0 Å². The number of rotatable bonds is 5. The summed E-state index contributed by atoms with van der Waals surface area (Å²) in [5.74, 6) is 0. The molecule has 3 rings (SSSR count). The Bertz CT molecular complexity index is 542. The summed E-state index contributed by atoms with van der Waals surface area (Å²) in [4.78, 5) is 10.8. The maximum Gasteiger partial charge on any atom is 0.0594 e. The van der Waals surface area contributed by atoms with Crippen LogP contribution < -0.4 is 0 Å². The molecule has 1 saturated heterocycles. The zero-order chi connectivity index (χ0) is 13.6. The van der Waals surface area contributed by atoms with Gasteiger partial charge < -0.3 is 4.74 Å². The number of ether oxygens (including phenoxy) is 1. The van der Waals surface area contributed by atoms with Crippen molar-refractivity contribution in [2.24, 2.45) is 4.99 Å². The van der Waals surface area contributed by atoms with Gasteiger partial charge in [0.25, 0.3) is 0 Å². The van der Waals surface area contributed by atoms with Gasteiger partial charge in [0, 0.05) is 40.5 Å². The van der Waals surface area contributed by atoms with Crippen molar-refractivity contribution < 1.29 is 4.74 Å². The van der Waals surface area contributed by atoms with Crippen molar-refractivity contribution in [3.05, 3.63) is 34.5 Å². The van der Waals surface area contributed by atoms with Gasteiger partial charge in [-0.15, -0.1) is 22.7 Å². The fraction of sp³-hybridized carbons (Fsp3) is 0.400. The van der Waals surface area contributed by atoms with E-state index in [9.17, 15) is 0 Å². The molecular weight excluding hydrogens is 288 g/mol. The Balaban J connectivity index is 1.49. The second-order valence-electron chi connectivity index (χ2n) is 4.67. The molecule has 1 fully saturated rings. The summed E-state index contributed by atoms with van der Waals surface area (Å²) in [5.41, 5.74) is 0. The van der Waals surface area contributed by atoms with Crippen LogP contribution in [0.25, 0.3) is 9.75 Å². The fourth-order valence-electron chi connectivity index (χ4n) is 2.15. The van der Waals surface area contributed by atoms with Gasteiger partial charge in [-0.1, -0.05) is 6.07 Å². The van der Waals surface area contributed by atoms with E-state index in [2.05, 4.69) is 39.5 Å². The monoisotopic (exact) mass is 306 g/mol. The van der Waals surface area contributed by atoms with Crippen molar-refractivity contribution in [3.8, 4) is 9.75 Å². The van der Waals surface area contributed by atoms with E-state index >= 15 is 0 Å². The van der Waals surface area contributed by atoms with Crippen LogP contribution in [-0.4, -0.2) is 50.5 Å². The van der Waals surface area contributed by atoms with Gasteiger partial charge in [-0.05, 0) is 23.6 Å². The normalized spacial score (nSPS) is 17.0. The molecule has 0 radical (unpaired) electrons. The lowest BCUT2D eigenvalue weighted by molar-refractivity contribution is 0.0395. The third-order valence-electron chi connectivity index (χ3n) is 3.26. The van der Waals surface area contributed by atoms with Crippen molar-refractivity contribution in [2.75, 3.05) is 39.4 Å². The Morgan fingerprint density at radius 2 is 2.10 bits per heavy atom. The molecule has 0 spiro atoms. The van der Waals surface area contributed by atoms with E-state index in [1.54, 1.807) is 22.7 Å². The third kappa shape index (κ3) is 3.76. The average Bonchev–Trinajstić information content (AvgIpc) is 3.15. The van der Waals surface area contributed by atoms with E-state index in [-0.39, 0.29) is 0 Å². The largest absolute Gasteiger partial charge is 0.379 e. The highest BCUT2D eigenvalue weighted by Crippen LogP contribution is 2.30. The summed E-state index contributed by atoms with van der Waals surface area (Å²) < 4.78 is 5.34. The first kappa shape index (κ1) is 13.9. The minimum atomic E-state index is 0.860. The summed E-state index contributed by atoms with van der Waals surface area (Å²) in [6.45, 7) is 5.70. The average molecular weight is 306 g/mol. The third-order valence-corrected chi connectivity index (χ3v) is 5.34. The summed E-state index contributed by atoms with van der Waals surface area (Å²) in [6, 6.07) is 8.59. The van der Waals surface area contributed by atoms with Gasteiger partial charge in [0.05, 0.1) is 19.8 Å². The minimum Gasteiger partial charge on any atom is -0.379 e. The van der Waals surface area contributed by atoms with Crippen LogP contribution in [0.4, 0.5) is 0 Å². The van der Waals surface area contributed by atoms with E-state index in [0.717, 1.165) is 39.4 Å². The Kier molecular flexibility index (Phi) is 4.97. The number of aliphatic imine (C=N–C) groups is 1. The summed E-state index contributed by atoms with van der Waals surface area (Å²) in [5, 5.41) is 2.12. The van der Waals surface area contributed by atoms with Gasteiger partial charge in [0.2, 0.25) is 0 Å². The highest BCUT2D eigenvalue weighted by Gasteiger charge is 2.08. The van der Waals surface area contributed by atoms with Crippen LogP contribution in [-0.2, 0) is 4.74 Å². The Labute approximate surface area is 127 Å². The first-order valence-corrected chi connectivity index (χ1v) is 8.55. The maximum atomic E-state index is 5.34. The first-order valence-electron chi connectivity index (χ1n) is 6.85. The fourth-order valence-corrected chi connectivity index (χ4v) is 3.89. The topological polar surface area (TPSA) is 24.8 Å². The molecule has 106 valence electrons. The number of thiophene rings is 2. The summed E-state index contributed by atoms with van der Waals surface area (Å²) in [7, 11) is 0. The molecular formula is C15H18N2OS2. The van der Waals surface area contributed by atoms with E-state index < -0.39 is 0 Å². The Morgan fingerprint density at radius 3 is 2.90 bits per heavy atom. The van der Waals surface area contributed by atoms with Crippen molar-refractivity contribution in [2.45, 2.75) is 0 Å². The molecule has 5 heteroatoms. The molecule has 0 N–H and O–H groups in total. The van der Waals surface area contributed by atoms with Crippen LogP contribution in [0.2, 0.25) is 0 Å². The van der Waals surface area contributed by atoms with Gasteiger partial charge in [0.15, 0.2) is 0 Å². The highest BCUT2D eigenvalue weighted by molar-refractivity contribution is 7.22. The molecule has 2 aromatic rings. The molecule has 1 aliphatic rings. The molecule has 3 nitrogen and oxygen atoms in total. The predicted octanol–water partition coefficient (Wildman–Crippen LogP) is 3.23. The molecule has 0 bridgehead atoms. The number of morpholine rings is 1. The van der Waals surface area contributed by atoms with Crippen LogP contribution in [0.15, 0.2) is 34.6 Å². The molecule has 20 heavy (non-hydrogen) atoms. The quantitative estimate of drug-likeness (QED) is 0.792. The lowest BCUT2D eigenvalue weighted by atomic mass is 10.4. The van der Waals surface area contributed by atoms with E-state index in [0.29, 0.717) is 0 Å². The molecule has 3 heterocycles. The number of nitrogens with zero attached hydrogens (tertiary/aromatic N) is 2. The first-order chi connectivity index (χ1) is 9.92. The lowest BCUT2D eigenvalue weighted by Gasteiger charge is -2.25. The molecule has 0 aromatic carbocycles. The predicted molar refractivity (Wildman–Crippen MR) is 87.4 cm³/mol. The van der Waals surface area contributed by atoms with Gasteiger partial charge in [-0.3, -0.25) is 9.89 Å². The second kappa shape index (κ2) is 7.13. The molecule has 0 atom stereocenters. The molecule has 0 amide bonds. The maximum absolute atomic E-state index is 5.34. The van der Waals surface area contributed by atoms with Gasteiger partial charge >= 0.3 is 0 Å². The Hall–Kier alpha value is -1.01. The SMILES string of the molecule is C(=NCCN1CCOCC1)c1ccc(-c2cccs2)s1. The number of hydrogen-bond donors (Lipinski definition) is 0. The zero-order valence-electron chi connectivity index (χ0n) is 11.3. The summed E-state index contributed by atoms with van der Waals surface area (Å²) >= 11 is 3.59. The van der Waals surface area contributed by atoms with Gasteiger partial charge in [0.1, 0.15) is 0 Å².